The van der Waals surface area contributed by atoms with E-state index in [9.17, 15) is 14.7 Å². The van der Waals surface area contributed by atoms with Crippen LogP contribution in [0.1, 0.15) is 32.5 Å². The fourth-order valence-electron chi connectivity index (χ4n) is 1.64. The third kappa shape index (κ3) is 3.26. The summed E-state index contributed by atoms with van der Waals surface area (Å²) in [6.45, 7) is 1.92. The smallest absolute Gasteiger partial charge is 0.256 e. The number of carbonyl (C=O) groups is 2. The molecule has 104 valence electrons. The van der Waals surface area contributed by atoms with Crippen molar-refractivity contribution in [1.82, 2.24) is 0 Å². The van der Waals surface area contributed by atoms with Gasteiger partial charge in [-0.05, 0) is 36.8 Å². The molecule has 0 unspecified atom stereocenters. The summed E-state index contributed by atoms with van der Waals surface area (Å²) in [7, 11) is 0. The van der Waals surface area contributed by atoms with Gasteiger partial charge in [-0.1, -0.05) is 22.9 Å². The van der Waals surface area contributed by atoms with E-state index in [1.54, 1.807) is 24.3 Å². The van der Waals surface area contributed by atoms with Gasteiger partial charge in [0.2, 0.25) is 0 Å². The highest BCUT2D eigenvalue weighted by molar-refractivity contribution is 9.10. The highest BCUT2D eigenvalue weighted by atomic mass is 79.9. The van der Waals surface area contributed by atoms with Crippen LogP contribution in [0, 0.1) is 0 Å². The molecule has 1 N–H and O–H groups in total. The Hall–Kier alpha value is -1.66. The van der Waals surface area contributed by atoms with Gasteiger partial charge in [0.05, 0.1) is 5.97 Å². The topological polar surface area (TPSA) is 69.2 Å². The van der Waals surface area contributed by atoms with E-state index in [0.717, 1.165) is 9.35 Å². The summed E-state index contributed by atoms with van der Waals surface area (Å²) < 4.78 is 0.869. The predicted octanol–water partition coefficient (Wildman–Crippen LogP) is 2.69. The minimum atomic E-state index is -1.29. The lowest BCUT2D eigenvalue weighted by Crippen LogP contribution is -2.23. The second kappa shape index (κ2) is 6.19. The van der Waals surface area contributed by atoms with Crippen molar-refractivity contribution in [3.8, 4) is 0 Å². The number of amides is 1. The molecule has 2 rings (SSSR count). The summed E-state index contributed by atoms with van der Waals surface area (Å²) in [6.07, 6.45) is 0.707. The van der Waals surface area contributed by atoms with Crippen LogP contribution in [0.4, 0.5) is 5.00 Å². The Morgan fingerprint density at radius 2 is 1.95 bits per heavy atom. The number of aryl methyl sites for hydroxylation is 1. The number of thiophene rings is 1. The number of hydrogen-bond acceptors (Lipinski definition) is 4. The lowest BCUT2D eigenvalue weighted by molar-refractivity contribution is -0.254. The van der Waals surface area contributed by atoms with E-state index in [1.165, 1.54) is 17.4 Å². The minimum Gasteiger partial charge on any atom is -0.545 e. The van der Waals surface area contributed by atoms with Crippen LogP contribution >= 0.6 is 27.3 Å². The van der Waals surface area contributed by atoms with E-state index in [2.05, 4.69) is 21.2 Å². The molecule has 0 aliphatic carbocycles. The summed E-state index contributed by atoms with van der Waals surface area (Å²) in [6, 6.07) is 8.36. The average Bonchev–Trinajstić information content (AvgIpc) is 2.82. The molecule has 0 spiro atoms. The maximum atomic E-state index is 12.1. The zero-order valence-corrected chi connectivity index (χ0v) is 13.0. The summed E-state index contributed by atoms with van der Waals surface area (Å²) in [5.41, 5.74) is 0.487. The Balaban J connectivity index is 2.25. The van der Waals surface area contributed by atoms with Gasteiger partial charge in [0.1, 0.15) is 5.00 Å². The van der Waals surface area contributed by atoms with E-state index in [0.29, 0.717) is 17.0 Å². The van der Waals surface area contributed by atoms with Crippen molar-refractivity contribution in [2.24, 2.45) is 0 Å². The standard InChI is InChI=1S/C14H12BrNO3S/c1-2-10-7-11(14(18)19)13(20-10)16-12(17)8-3-5-9(15)6-4-8/h3-7H,2H2,1H3,(H,16,17)(H,18,19)/p-1. The van der Waals surface area contributed by atoms with Crippen LogP contribution in [0.2, 0.25) is 0 Å². The van der Waals surface area contributed by atoms with Gasteiger partial charge < -0.3 is 15.2 Å². The molecule has 0 atom stereocenters. The molecule has 1 aromatic carbocycles. The monoisotopic (exact) mass is 352 g/mol. The normalized spacial score (nSPS) is 10.3. The number of hydrogen-bond donors (Lipinski definition) is 1. The largest absolute Gasteiger partial charge is 0.545 e. The molecule has 6 heteroatoms. The molecule has 0 saturated carbocycles. The quantitative estimate of drug-likeness (QED) is 0.919. The van der Waals surface area contributed by atoms with Crippen molar-refractivity contribution in [1.29, 1.82) is 0 Å². The van der Waals surface area contributed by atoms with E-state index in [1.807, 2.05) is 6.92 Å². The van der Waals surface area contributed by atoms with Gasteiger partial charge in [0, 0.05) is 20.5 Å². The summed E-state index contributed by atoms with van der Waals surface area (Å²) in [5, 5.41) is 14.0. The first-order valence-electron chi connectivity index (χ1n) is 5.92. The fraction of sp³-hybridized carbons (Fsp3) is 0.143. The molecule has 2 aromatic rings. The van der Waals surface area contributed by atoms with Gasteiger partial charge in [-0.15, -0.1) is 11.3 Å². The van der Waals surface area contributed by atoms with Gasteiger partial charge >= 0.3 is 0 Å². The van der Waals surface area contributed by atoms with Crippen molar-refractivity contribution in [2.45, 2.75) is 13.3 Å². The molecule has 1 heterocycles. The first-order valence-corrected chi connectivity index (χ1v) is 7.53. The molecular weight excluding hydrogens is 342 g/mol. The molecule has 0 radical (unpaired) electrons. The molecule has 0 saturated heterocycles. The first kappa shape index (κ1) is 14.7. The van der Waals surface area contributed by atoms with Crippen molar-refractivity contribution in [2.75, 3.05) is 5.32 Å². The SMILES string of the molecule is CCc1cc(C(=O)[O-])c(NC(=O)c2ccc(Br)cc2)s1. The number of benzene rings is 1. The average molecular weight is 353 g/mol. The number of carboxylic acids is 1. The second-order valence-electron chi connectivity index (χ2n) is 4.06. The Labute approximate surface area is 128 Å². The van der Waals surface area contributed by atoms with Crippen LogP contribution in [-0.4, -0.2) is 11.9 Å². The fourth-order valence-corrected chi connectivity index (χ4v) is 2.88. The van der Waals surface area contributed by atoms with Crippen LogP contribution in [0.25, 0.3) is 0 Å². The zero-order valence-electron chi connectivity index (χ0n) is 10.6. The van der Waals surface area contributed by atoms with Crippen LogP contribution in [-0.2, 0) is 6.42 Å². The Kier molecular flexibility index (Phi) is 4.57. The molecule has 0 aliphatic rings. The van der Waals surface area contributed by atoms with Crippen molar-refractivity contribution in [3.05, 3.63) is 50.8 Å². The second-order valence-corrected chi connectivity index (χ2v) is 6.11. The number of carbonyl (C=O) groups excluding carboxylic acids is 2. The number of carboxylic acid groups (broad SMARTS) is 1. The van der Waals surface area contributed by atoms with Gasteiger partial charge in [-0.25, -0.2) is 0 Å². The Morgan fingerprint density at radius 1 is 1.30 bits per heavy atom. The number of rotatable bonds is 4. The number of nitrogens with one attached hydrogen (secondary N) is 1. The highest BCUT2D eigenvalue weighted by Gasteiger charge is 2.13. The highest BCUT2D eigenvalue weighted by Crippen LogP contribution is 2.28. The van der Waals surface area contributed by atoms with Gasteiger partial charge in [0.25, 0.3) is 5.91 Å². The Morgan fingerprint density at radius 3 is 2.50 bits per heavy atom. The van der Waals surface area contributed by atoms with E-state index >= 15 is 0 Å². The van der Waals surface area contributed by atoms with Crippen LogP contribution in [0.5, 0.6) is 0 Å². The van der Waals surface area contributed by atoms with E-state index < -0.39 is 5.97 Å². The molecular formula is C14H11BrNO3S-. The number of anilines is 1. The van der Waals surface area contributed by atoms with Gasteiger partial charge in [-0.3, -0.25) is 4.79 Å². The summed E-state index contributed by atoms with van der Waals surface area (Å²) >= 11 is 4.54. The molecule has 0 fully saturated rings. The third-order valence-electron chi connectivity index (χ3n) is 2.68. The maximum absolute atomic E-state index is 12.1. The molecule has 4 nitrogen and oxygen atoms in total. The maximum Gasteiger partial charge on any atom is 0.256 e. The lowest BCUT2D eigenvalue weighted by atomic mass is 10.2. The van der Waals surface area contributed by atoms with Gasteiger partial charge in [-0.2, -0.15) is 0 Å². The van der Waals surface area contributed by atoms with Gasteiger partial charge in [0.15, 0.2) is 0 Å². The first-order chi connectivity index (χ1) is 9.51. The number of halogens is 1. The van der Waals surface area contributed by atoms with Crippen LogP contribution in [0.15, 0.2) is 34.8 Å². The van der Waals surface area contributed by atoms with E-state index in [-0.39, 0.29) is 11.5 Å². The zero-order chi connectivity index (χ0) is 14.7. The molecule has 1 aromatic heterocycles. The van der Waals surface area contributed by atoms with E-state index in [4.69, 9.17) is 0 Å². The number of aromatic carboxylic acids is 1. The summed E-state index contributed by atoms with van der Waals surface area (Å²) in [4.78, 5) is 24.0. The predicted molar refractivity (Wildman–Crippen MR) is 80.1 cm³/mol. The minimum absolute atomic E-state index is 0.0253. The molecule has 1 amide bonds. The lowest BCUT2D eigenvalue weighted by Gasteiger charge is -2.06. The van der Waals surface area contributed by atoms with Crippen LogP contribution in [0.3, 0.4) is 0 Å². The Bertz CT molecular complexity index is 649. The molecule has 20 heavy (non-hydrogen) atoms. The van der Waals surface area contributed by atoms with Crippen molar-refractivity contribution >= 4 is 44.1 Å². The van der Waals surface area contributed by atoms with Crippen molar-refractivity contribution in [3.63, 3.8) is 0 Å². The van der Waals surface area contributed by atoms with Crippen molar-refractivity contribution < 1.29 is 14.7 Å². The molecule has 0 aliphatic heterocycles. The van der Waals surface area contributed by atoms with Crippen LogP contribution < -0.4 is 10.4 Å². The third-order valence-corrected chi connectivity index (χ3v) is 4.41. The summed E-state index contributed by atoms with van der Waals surface area (Å²) in [5.74, 6) is -1.63. The molecule has 0 bridgehead atoms.